The highest BCUT2D eigenvalue weighted by Crippen LogP contribution is 2.24. The Kier molecular flexibility index (Phi) is 6.01. The Bertz CT molecular complexity index is 1640. The molecule has 8 heteroatoms. The summed E-state index contributed by atoms with van der Waals surface area (Å²) in [5, 5.41) is 1.94. The lowest BCUT2D eigenvalue weighted by Gasteiger charge is -2.03. The van der Waals surface area contributed by atoms with Crippen LogP contribution in [0.15, 0.2) is 102 Å². The molecule has 7 nitrogen and oxygen atoms in total. The molecule has 0 amide bonds. The lowest BCUT2D eigenvalue weighted by atomic mass is 10.2. The molecule has 0 spiro atoms. The quantitative estimate of drug-likeness (QED) is 0.348. The normalized spacial score (nSPS) is 10.6. The van der Waals surface area contributed by atoms with Crippen LogP contribution in [0, 0.1) is 0 Å². The van der Waals surface area contributed by atoms with E-state index in [1.807, 2.05) is 66.7 Å². The van der Waals surface area contributed by atoms with Crippen LogP contribution in [-0.2, 0) is 0 Å². The van der Waals surface area contributed by atoms with Crippen molar-refractivity contribution in [3.63, 3.8) is 0 Å². The molecule has 0 saturated heterocycles. The Morgan fingerprint density at radius 1 is 0.618 bits per heavy atom. The van der Waals surface area contributed by atoms with E-state index in [9.17, 15) is 4.79 Å². The molecule has 0 unspecified atom stereocenters. The zero-order valence-electron chi connectivity index (χ0n) is 17.8. The first-order chi connectivity index (χ1) is 16.7. The lowest BCUT2D eigenvalue weighted by Crippen LogP contribution is -2.09. The third-order valence-electron chi connectivity index (χ3n) is 5.06. The minimum atomic E-state index is -0.123. The van der Waals surface area contributed by atoms with Crippen LogP contribution in [0.4, 0.5) is 0 Å². The number of nitrogens with zero attached hydrogens (tertiary/aromatic N) is 5. The maximum Gasteiger partial charge on any atom is 0.259 e. The van der Waals surface area contributed by atoms with E-state index in [4.69, 9.17) is 11.6 Å². The summed E-state index contributed by atoms with van der Waals surface area (Å²) < 4.78 is 0. The third-order valence-corrected chi connectivity index (χ3v) is 5.35. The second-order valence-electron chi connectivity index (χ2n) is 7.26. The summed E-state index contributed by atoms with van der Waals surface area (Å²) in [4.78, 5) is 35.7. The number of hydrogen-bond donors (Lipinski definition) is 1. The maximum atomic E-state index is 11.9. The lowest BCUT2D eigenvalue weighted by molar-refractivity contribution is 1.17. The van der Waals surface area contributed by atoms with Gasteiger partial charge in [-0.3, -0.25) is 14.8 Å². The van der Waals surface area contributed by atoms with Crippen molar-refractivity contribution in [2.45, 2.75) is 0 Å². The van der Waals surface area contributed by atoms with Crippen LogP contribution in [0.2, 0.25) is 5.15 Å². The van der Waals surface area contributed by atoms with E-state index in [1.165, 1.54) is 0 Å². The van der Waals surface area contributed by atoms with E-state index in [0.29, 0.717) is 27.7 Å². The van der Waals surface area contributed by atoms with Crippen LogP contribution in [0.25, 0.3) is 44.6 Å². The van der Waals surface area contributed by atoms with Gasteiger partial charge in [-0.05, 0) is 48.5 Å². The van der Waals surface area contributed by atoms with E-state index < -0.39 is 0 Å². The number of halogens is 1. The predicted octanol–water partition coefficient (Wildman–Crippen LogP) is 5.33. The molecule has 4 aromatic heterocycles. The van der Waals surface area contributed by atoms with E-state index in [0.717, 1.165) is 22.0 Å². The smallest absolute Gasteiger partial charge is 0.259 e. The molecule has 1 N–H and O–H groups in total. The van der Waals surface area contributed by atoms with Crippen LogP contribution in [0.5, 0.6) is 0 Å². The number of fused-ring (bicyclic) bond motifs is 2. The standard InChI is InChI=1S/C13H8ClN3.C13H9N3O/c14-12-10-3-1-2-4-11(10)16-13(17-12)9-5-7-15-8-6-9;17-13-10-3-1-2-4-11(10)15-12(16-13)9-5-7-14-8-6-9/h1-8H;1-8H,(H,15,16,17). The number of hydrogen-bond acceptors (Lipinski definition) is 6. The molecule has 164 valence electrons. The molecule has 2 aromatic carbocycles. The van der Waals surface area contributed by atoms with Gasteiger partial charge in [0.05, 0.1) is 16.4 Å². The maximum absolute atomic E-state index is 11.9. The first kappa shape index (κ1) is 21.4. The number of benzene rings is 2. The molecule has 0 aliphatic carbocycles. The molecule has 0 radical (unpaired) electrons. The van der Waals surface area contributed by atoms with Crippen molar-refractivity contribution in [2.24, 2.45) is 0 Å². The largest absolute Gasteiger partial charge is 0.306 e. The van der Waals surface area contributed by atoms with Gasteiger partial charge < -0.3 is 4.98 Å². The molecule has 0 saturated carbocycles. The number of H-pyrrole nitrogens is 1. The van der Waals surface area contributed by atoms with Crippen LogP contribution >= 0.6 is 11.6 Å². The summed E-state index contributed by atoms with van der Waals surface area (Å²) in [6.07, 6.45) is 6.76. The van der Waals surface area contributed by atoms with Crippen LogP contribution in [0.1, 0.15) is 0 Å². The summed E-state index contributed by atoms with van der Waals surface area (Å²) >= 11 is 6.15. The van der Waals surface area contributed by atoms with Crippen molar-refractivity contribution in [3.05, 3.63) is 113 Å². The number of rotatable bonds is 2. The summed E-state index contributed by atoms with van der Waals surface area (Å²) in [5.41, 5.74) is 3.18. The second kappa shape index (κ2) is 9.56. The van der Waals surface area contributed by atoms with Gasteiger partial charge in [-0.25, -0.2) is 15.0 Å². The van der Waals surface area contributed by atoms with Crippen molar-refractivity contribution in [3.8, 4) is 22.8 Å². The second-order valence-corrected chi connectivity index (χ2v) is 7.62. The van der Waals surface area contributed by atoms with Gasteiger partial charge in [0.25, 0.3) is 5.56 Å². The Balaban J connectivity index is 0.000000142. The van der Waals surface area contributed by atoms with Gasteiger partial charge in [-0.1, -0.05) is 35.9 Å². The Morgan fingerprint density at radius 2 is 1.18 bits per heavy atom. The fourth-order valence-electron chi connectivity index (χ4n) is 3.40. The zero-order chi connectivity index (χ0) is 23.3. The topological polar surface area (TPSA) is 97.3 Å². The van der Waals surface area contributed by atoms with E-state index >= 15 is 0 Å². The van der Waals surface area contributed by atoms with E-state index in [-0.39, 0.29) is 5.56 Å². The summed E-state index contributed by atoms with van der Waals surface area (Å²) in [6, 6.07) is 22.3. The number of aromatic amines is 1. The Morgan fingerprint density at radius 3 is 1.85 bits per heavy atom. The first-order valence-corrected chi connectivity index (χ1v) is 10.8. The molecular formula is C26H17ClN6O. The molecule has 0 aliphatic heterocycles. The number of aromatic nitrogens is 6. The molecule has 0 aliphatic rings. The molecule has 4 heterocycles. The van der Waals surface area contributed by atoms with Crippen molar-refractivity contribution in [2.75, 3.05) is 0 Å². The van der Waals surface area contributed by atoms with Crippen molar-refractivity contribution < 1.29 is 0 Å². The van der Waals surface area contributed by atoms with Crippen LogP contribution < -0.4 is 5.56 Å². The van der Waals surface area contributed by atoms with E-state index in [1.54, 1.807) is 30.9 Å². The van der Waals surface area contributed by atoms with Crippen molar-refractivity contribution >= 4 is 33.4 Å². The average molecular weight is 465 g/mol. The van der Waals surface area contributed by atoms with Crippen LogP contribution in [-0.4, -0.2) is 29.9 Å². The molecule has 34 heavy (non-hydrogen) atoms. The fourth-order valence-corrected chi connectivity index (χ4v) is 3.64. The Hall–Kier alpha value is -4.49. The number of para-hydroxylation sites is 2. The van der Waals surface area contributed by atoms with Crippen LogP contribution in [0.3, 0.4) is 0 Å². The van der Waals surface area contributed by atoms with Crippen molar-refractivity contribution in [1.29, 1.82) is 0 Å². The van der Waals surface area contributed by atoms with Crippen molar-refractivity contribution in [1.82, 2.24) is 29.9 Å². The number of pyridine rings is 2. The highest BCUT2D eigenvalue weighted by atomic mass is 35.5. The van der Waals surface area contributed by atoms with Gasteiger partial charge in [-0.2, -0.15) is 0 Å². The SMILES string of the molecule is Clc1nc(-c2ccncc2)nc2ccccc12.O=c1[nH]c(-c2ccncc2)nc2ccccc12. The monoisotopic (exact) mass is 464 g/mol. The fraction of sp³-hybridized carbons (Fsp3) is 0. The highest BCUT2D eigenvalue weighted by molar-refractivity contribution is 6.34. The average Bonchev–Trinajstić information content (AvgIpc) is 2.90. The van der Waals surface area contributed by atoms with E-state index in [2.05, 4.69) is 29.9 Å². The predicted molar refractivity (Wildman–Crippen MR) is 133 cm³/mol. The minimum absolute atomic E-state index is 0.123. The van der Waals surface area contributed by atoms with Gasteiger partial charge in [0.2, 0.25) is 0 Å². The molecular weight excluding hydrogens is 448 g/mol. The zero-order valence-corrected chi connectivity index (χ0v) is 18.5. The molecule has 0 atom stereocenters. The van der Waals surface area contributed by atoms with Gasteiger partial charge in [0.15, 0.2) is 5.82 Å². The summed E-state index contributed by atoms with van der Waals surface area (Å²) in [7, 11) is 0. The summed E-state index contributed by atoms with van der Waals surface area (Å²) in [5.74, 6) is 1.19. The summed E-state index contributed by atoms with van der Waals surface area (Å²) in [6.45, 7) is 0. The van der Waals surface area contributed by atoms with Gasteiger partial charge in [-0.15, -0.1) is 0 Å². The first-order valence-electron chi connectivity index (χ1n) is 10.4. The number of nitrogens with one attached hydrogen (secondary N) is 1. The third kappa shape index (κ3) is 4.51. The van der Waals surface area contributed by atoms with Gasteiger partial charge in [0.1, 0.15) is 11.0 Å². The molecule has 6 aromatic rings. The Labute approximate surface area is 199 Å². The molecule has 0 bridgehead atoms. The molecule has 0 fully saturated rings. The molecule has 6 rings (SSSR count). The van der Waals surface area contributed by atoms with Gasteiger partial charge >= 0.3 is 0 Å². The highest BCUT2D eigenvalue weighted by Gasteiger charge is 2.07. The minimum Gasteiger partial charge on any atom is -0.306 e. The van der Waals surface area contributed by atoms with Gasteiger partial charge in [0, 0.05) is 41.3 Å².